The fraction of sp³-hybridized carbons (Fsp3) is 0.0714. The van der Waals surface area contributed by atoms with Gasteiger partial charge in [-0.1, -0.05) is 12.1 Å². The number of halogens is 3. The number of aromatic hydroxyl groups is 1. The fourth-order valence-corrected chi connectivity index (χ4v) is 5.36. The summed E-state index contributed by atoms with van der Waals surface area (Å²) in [7, 11) is 0. The predicted molar refractivity (Wildman–Crippen MR) is 102 cm³/mol. The molecule has 1 N–H and O–H groups in total. The van der Waals surface area contributed by atoms with Crippen molar-refractivity contribution in [2.24, 2.45) is 0 Å². The smallest absolute Gasteiger partial charge is 0.315 e. The van der Waals surface area contributed by atoms with Crippen LogP contribution in [0.15, 0.2) is 36.4 Å². The van der Waals surface area contributed by atoms with E-state index in [1.807, 2.05) is 12.1 Å². The summed E-state index contributed by atoms with van der Waals surface area (Å²) in [4.78, 5) is 12.0. The van der Waals surface area contributed by atoms with Crippen LogP contribution in [0, 0.1) is 10.7 Å². The van der Waals surface area contributed by atoms with Gasteiger partial charge in [-0.2, -0.15) is 0 Å². The summed E-state index contributed by atoms with van der Waals surface area (Å²) >= 11 is 6.55. The highest BCUT2D eigenvalue weighted by molar-refractivity contribution is 14.1. The van der Waals surface area contributed by atoms with Gasteiger partial charge in [-0.3, -0.25) is 4.79 Å². The summed E-state index contributed by atoms with van der Waals surface area (Å²) in [6.07, 6.45) is 0.179. The summed E-state index contributed by atoms with van der Waals surface area (Å²) < 4.78 is 8.38. The van der Waals surface area contributed by atoms with E-state index >= 15 is 0 Å². The van der Waals surface area contributed by atoms with Crippen LogP contribution in [0.2, 0.25) is 0 Å². The van der Waals surface area contributed by atoms with E-state index in [0.29, 0.717) is 5.75 Å². The number of hydrogen-bond acceptors (Lipinski definition) is 3. The largest absolute Gasteiger partial charge is 0.508 e. The number of hydrogen-bond donors (Lipinski definition) is 1. The van der Waals surface area contributed by atoms with Gasteiger partial charge >= 0.3 is 5.97 Å². The Balaban J connectivity index is 2.10. The van der Waals surface area contributed by atoms with E-state index in [-0.39, 0.29) is 18.1 Å². The van der Waals surface area contributed by atoms with E-state index in [9.17, 15) is 9.90 Å². The summed E-state index contributed by atoms with van der Waals surface area (Å²) in [5.74, 6) is 0.479. The number of carbonyl (C=O) groups excluding carboxylic acids is 1. The average molecular weight is 606 g/mol. The number of ether oxygens (including phenoxy) is 1. The van der Waals surface area contributed by atoms with Gasteiger partial charge in [-0.05, 0) is 97.6 Å². The van der Waals surface area contributed by atoms with Crippen molar-refractivity contribution in [3.63, 3.8) is 0 Å². The van der Waals surface area contributed by atoms with Crippen molar-refractivity contribution < 1.29 is 14.6 Å². The Labute approximate surface area is 157 Å². The SMILES string of the molecule is O=C(Cc1ccc(O)cc1)Oc1c(I)cc(I)cc1I. The molecule has 3 nitrogen and oxygen atoms in total. The van der Waals surface area contributed by atoms with Gasteiger partial charge in [0.25, 0.3) is 0 Å². The van der Waals surface area contributed by atoms with E-state index in [1.54, 1.807) is 24.3 Å². The molecule has 0 bridgehead atoms. The van der Waals surface area contributed by atoms with Crippen LogP contribution in [0.1, 0.15) is 5.56 Å². The zero-order chi connectivity index (χ0) is 14.7. The van der Waals surface area contributed by atoms with E-state index in [0.717, 1.165) is 16.3 Å². The van der Waals surface area contributed by atoms with Crippen molar-refractivity contribution in [2.75, 3.05) is 0 Å². The van der Waals surface area contributed by atoms with Gasteiger partial charge in [0, 0.05) is 3.57 Å². The molecule has 6 heteroatoms. The van der Waals surface area contributed by atoms with Crippen LogP contribution in [0.5, 0.6) is 11.5 Å². The molecule has 0 fully saturated rings. The first-order valence-electron chi connectivity index (χ1n) is 5.59. The Morgan fingerprint density at radius 1 is 1.05 bits per heavy atom. The third kappa shape index (κ3) is 4.45. The predicted octanol–water partition coefficient (Wildman–Crippen LogP) is 4.35. The molecule has 0 radical (unpaired) electrons. The molecule has 2 aromatic carbocycles. The van der Waals surface area contributed by atoms with Gasteiger partial charge in [0.2, 0.25) is 0 Å². The van der Waals surface area contributed by atoms with E-state index < -0.39 is 0 Å². The summed E-state index contributed by atoms with van der Waals surface area (Å²) in [5, 5.41) is 9.21. The fourth-order valence-electron chi connectivity index (χ4n) is 1.56. The Kier molecular flexibility index (Phi) is 5.90. The monoisotopic (exact) mass is 606 g/mol. The maximum atomic E-state index is 12.0. The average Bonchev–Trinajstić information content (AvgIpc) is 2.36. The molecule has 104 valence electrons. The number of carbonyl (C=O) groups is 1. The lowest BCUT2D eigenvalue weighted by atomic mass is 10.1. The maximum Gasteiger partial charge on any atom is 0.315 e. The maximum absolute atomic E-state index is 12.0. The van der Waals surface area contributed by atoms with E-state index in [2.05, 4.69) is 67.8 Å². The Hall–Kier alpha value is -0.1000. The zero-order valence-corrected chi connectivity index (χ0v) is 16.5. The highest BCUT2D eigenvalue weighted by Gasteiger charge is 2.13. The second-order valence-electron chi connectivity index (χ2n) is 4.02. The van der Waals surface area contributed by atoms with Gasteiger partial charge in [0.15, 0.2) is 5.75 Å². The number of esters is 1. The molecule has 0 aromatic heterocycles. The van der Waals surface area contributed by atoms with Crippen LogP contribution in [0.3, 0.4) is 0 Å². The molecular formula is C14H9I3O3. The first-order chi connectivity index (χ1) is 9.45. The normalized spacial score (nSPS) is 10.3. The molecule has 0 saturated heterocycles. The number of phenols is 1. The third-order valence-electron chi connectivity index (χ3n) is 2.46. The number of benzene rings is 2. The lowest BCUT2D eigenvalue weighted by Crippen LogP contribution is -2.13. The van der Waals surface area contributed by atoms with Crippen LogP contribution in [-0.2, 0) is 11.2 Å². The number of rotatable bonds is 3. The quantitative estimate of drug-likeness (QED) is 0.322. The topological polar surface area (TPSA) is 46.5 Å². The second kappa shape index (κ2) is 7.25. The molecule has 2 aromatic rings. The number of phenolic OH excluding ortho intramolecular Hbond substituents is 1. The zero-order valence-electron chi connectivity index (χ0n) is 10.1. The Bertz CT molecular complexity index is 616. The summed E-state index contributed by atoms with van der Waals surface area (Å²) in [6.45, 7) is 0. The van der Waals surface area contributed by atoms with Crippen molar-refractivity contribution in [2.45, 2.75) is 6.42 Å². The van der Waals surface area contributed by atoms with Gasteiger partial charge < -0.3 is 9.84 Å². The van der Waals surface area contributed by atoms with Crippen molar-refractivity contribution in [1.82, 2.24) is 0 Å². The molecular weight excluding hydrogens is 597 g/mol. The molecule has 20 heavy (non-hydrogen) atoms. The Morgan fingerprint density at radius 3 is 2.15 bits per heavy atom. The lowest BCUT2D eigenvalue weighted by Gasteiger charge is -2.09. The van der Waals surface area contributed by atoms with Gasteiger partial charge in [-0.25, -0.2) is 0 Å². The first kappa shape index (κ1) is 16.3. The van der Waals surface area contributed by atoms with Crippen LogP contribution >= 0.6 is 67.8 Å². The molecule has 0 aliphatic heterocycles. The van der Waals surface area contributed by atoms with Crippen molar-refractivity contribution in [3.8, 4) is 11.5 Å². The molecule has 0 amide bonds. The molecule has 0 heterocycles. The standard InChI is InChI=1S/C14H9I3O3/c15-9-6-11(16)14(12(17)7-9)20-13(19)5-8-1-3-10(18)4-2-8/h1-4,6-7,18H,5H2. The van der Waals surface area contributed by atoms with Crippen molar-refractivity contribution in [1.29, 1.82) is 0 Å². The van der Waals surface area contributed by atoms with Gasteiger partial charge in [-0.15, -0.1) is 0 Å². The van der Waals surface area contributed by atoms with Crippen LogP contribution in [0.25, 0.3) is 0 Å². The van der Waals surface area contributed by atoms with Crippen molar-refractivity contribution in [3.05, 3.63) is 52.7 Å². The molecule has 0 aliphatic rings. The molecule has 0 aliphatic carbocycles. The summed E-state index contributed by atoms with van der Waals surface area (Å²) in [5.41, 5.74) is 0.809. The molecule has 2 rings (SSSR count). The summed E-state index contributed by atoms with van der Waals surface area (Å²) in [6, 6.07) is 10.5. The molecule has 0 saturated carbocycles. The lowest BCUT2D eigenvalue weighted by molar-refractivity contribution is -0.133. The minimum atomic E-state index is -0.312. The van der Waals surface area contributed by atoms with Crippen LogP contribution < -0.4 is 4.74 Å². The molecule has 0 unspecified atom stereocenters. The van der Waals surface area contributed by atoms with Gasteiger partial charge in [0.05, 0.1) is 13.6 Å². The third-order valence-corrected chi connectivity index (χ3v) is 4.69. The highest BCUT2D eigenvalue weighted by atomic mass is 127. The van der Waals surface area contributed by atoms with Gasteiger partial charge in [0.1, 0.15) is 5.75 Å². The minimum Gasteiger partial charge on any atom is -0.508 e. The molecule has 0 spiro atoms. The molecule has 0 atom stereocenters. The first-order valence-corrected chi connectivity index (χ1v) is 8.82. The van der Waals surface area contributed by atoms with E-state index in [1.165, 1.54) is 0 Å². The Morgan fingerprint density at radius 2 is 1.60 bits per heavy atom. The van der Waals surface area contributed by atoms with Crippen LogP contribution in [-0.4, -0.2) is 11.1 Å². The van der Waals surface area contributed by atoms with E-state index in [4.69, 9.17) is 4.74 Å². The highest BCUT2D eigenvalue weighted by Crippen LogP contribution is 2.29. The minimum absolute atomic E-state index is 0.179. The van der Waals surface area contributed by atoms with Crippen LogP contribution in [0.4, 0.5) is 0 Å². The van der Waals surface area contributed by atoms with Crippen molar-refractivity contribution >= 4 is 73.7 Å². The second-order valence-corrected chi connectivity index (χ2v) is 7.59.